The van der Waals surface area contributed by atoms with Crippen LogP contribution >= 0.6 is 49.7 Å². The SMILES string of the molecule is S=C(S)NCCNC(=S)S. The summed E-state index contributed by atoms with van der Waals surface area (Å²) in [6, 6.07) is 0. The molecule has 0 saturated carbocycles. The van der Waals surface area contributed by atoms with Gasteiger partial charge in [0.15, 0.2) is 0 Å². The molecule has 0 fully saturated rings. The number of hydrogen-bond donors (Lipinski definition) is 4. The van der Waals surface area contributed by atoms with Crippen molar-refractivity contribution in [2.45, 2.75) is 0 Å². The number of nitrogens with one attached hydrogen (secondary N) is 2. The van der Waals surface area contributed by atoms with Gasteiger partial charge in [-0.2, -0.15) is 0 Å². The lowest BCUT2D eigenvalue weighted by atomic mass is 10.6. The quantitative estimate of drug-likeness (QED) is 0.313. The second kappa shape index (κ2) is 6.21. The highest BCUT2D eigenvalue weighted by Gasteiger charge is 1.87. The molecule has 0 aliphatic rings. The van der Waals surface area contributed by atoms with Crippen molar-refractivity contribution in [1.82, 2.24) is 10.6 Å². The number of hydrogen-bond acceptors (Lipinski definition) is 2. The molecule has 0 aromatic heterocycles. The van der Waals surface area contributed by atoms with Crippen LogP contribution in [0.2, 0.25) is 0 Å². The first-order chi connectivity index (χ1) is 4.63. The van der Waals surface area contributed by atoms with E-state index in [0.717, 1.165) is 0 Å². The molecule has 0 bridgehead atoms. The van der Waals surface area contributed by atoms with Crippen molar-refractivity contribution in [3.8, 4) is 0 Å². The Morgan fingerprint density at radius 2 is 1.30 bits per heavy atom. The second-order valence-corrected chi connectivity index (χ2v) is 3.78. The van der Waals surface area contributed by atoms with Crippen LogP contribution < -0.4 is 10.6 Å². The van der Waals surface area contributed by atoms with Gasteiger partial charge in [0.1, 0.15) is 8.64 Å². The maximum absolute atomic E-state index is 4.65. The van der Waals surface area contributed by atoms with E-state index in [1.807, 2.05) is 0 Å². The Hall–Kier alpha value is 0.480. The van der Waals surface area contributed by atoms with Gasteiger partial charge in [0, 0.05) is 13.1 Å². The van der Waals surface area contributed by atoms with Crippen molar-refractivity contribution in [3.05, 3.63) is 0 Å². The van der Waals surface area contributed by atoms with Crippen molar-refractivity contribution in [3.63, 3.8) is 0 Å². The van der Waals surface area contributed by atoms with E-state index in [-0.39, 0.29) is 0 Å². The van der Waals surface area contributed by atoms with Crippen LogP contribution in [0.25, 0.3) is 0 Å². The molecular formula is C4H8N2S4. The maximum atomic E-state index is 4.65. The van der Waals surface area contributed by atoms with E-state index in [4.69, 9.17) is 0 Å². The molecule has 0 aromatic rings. The molecule has 0 saturated heterocycles. The van der Waals surface area contributed by atoms with Crippen LogP contribution in [0.15, 0.2) is 0 Å². The van der Waals surface area contributed by atoms with Crippen molar-refractivity contribution in [2.75, 3.05) is 13.1 Å². The number of thiol groups is 2. The van der Waals surface area contributed by atoms with Crippen LogP contribution in [0.1, 0.15) is 0 Å². The first-order valence-electron chi connectivity index (χ1n) is 2.56. The summed E-state index contributed by atoms with van der Waals surface area (Å²) in [6.07, 6.45) is 0. The summed E-state index contributed by atoms with van der Waals surface area (Å²) in [5, 5.41) is 5.68. The Bertz CT molecular complexity index is 119. The topological polar surface area (TPSA) is 24.1 Å². The molecule has 0 aliphatic heterocycles. The lowest BCUT2D eigenvalue weighted by Crippen LogP contribution is -2.29. The van der Waals surface area contributed by atoms with E-state index >= 15 is 0 Å². The van der Waals surface area contributed by atoms with Crippen LogP contribution in [-0.4, -0.2) is 21.7 Å². The molecular weight excluding hydrogens is 204 g/mol. The highest BCUT2D eigenvalue weighted by Crippen LogP contribution is 1.77. The maximum Gasteiger partial charge on any atom is 0.130 e. The standard InChI is InChI=1S/C4H8N2S4/c7-3(8)5-1-2-6-4(9)10/h1-2H2,(H2,5,7,8)(H2,6,9,10). The molecule has 0 rings (SSSR count). The Kier molecular flexibility index (Phi) is 6.50. The first kappa shape index (κ1) is 10.5. The lowest BCUT2D eigenvalue weighted by molar-refractivity contribution is 0.834. The van der Waals surface area contributed by atoms with E-state index in [9.17, 15) is 0 Å². The van der Waals surface area contributed by atoms with E-state index in [2.05, 4.69) is 60.3 Å². The minimum atomic E-state index is 0.492. The van der Waals surface area contributed by atoms with Gasteiger partial charge >= 0.3 is 0 Å². The zero-order valence-electron chi connectivity index (χ0n) is 5.13. The third kappa shape index (κ3) is 8.48. The molecule has 10 heavy (non-hydrogen) atoms. The normalized spacial score (nSPS) is 8.60. The van der Waals surface area contributed by atoms with Gasteiger partial charge in [-0.25, -0.2) is 0 Å². The average molecular weight is 212 g/mol. The summed E-state index contributed by atoms with van der Waals surface area (Å²) in [4.78, 5) is 0. The molecule has 2 N–H and O–H groups in total. The average Bonchev–Trinajstić information content (AvgIpc) is 1.79. The summed E-state index contributed by atoms with van der Waals surface area (Å²) in [7, 11) is 0. The molecule has 0 aliphatic carbocycles. The van der Waals surface area contributed by atoms with Crippen molar-refractivity contribution < 1.29 is 0 Å². The van der Waals surface area contributed by atoms with Gasteiger partial charge in [-0.3, -0.25) is 0 Å². The molecule has 0 unspecified atom stereocenters. The number of thiocarbonyl (C=S) groups is 2. The largest absolute Gasteiger partial charge is 0.369 e. The third-order valence-corrected chi connectivity index (χ3v) is 1.28. The minimum Gasteiger partial charge on any atom is -0.369 e. The fraction of sp³-hybridized carbons (Fsp3) is 0.500. The monoisotopic (exact) mass is 212 g/mol. The van der Waals surface area contributed by atoms with Gasteiger partial charge < -0.3 is 10.6 Å². The van der Waals surface area contributed by atoms with E-state index < -0.39 is 0 Å². The molecule has 2 nitrogen and oxygen atoms in total. The molecule has 0 atom stereocenters. The molecule has 6 heteroatoms. The highest BCUT2D eigenvalue weighted by atomic mass is 32.1. The van der Waals surface area contributed by atoms with Crippen molar-refractivity contribution >= 4 is 58.3 Å². The summed E-state index contributed by atoms with van der Waals surface area (Å²) >= 11 is 17.0. The predicted molar refractivity (Wildman–Crippen MR) is 59.2 cm³/mol. The smallest absolute Gasteiger partial charge is 0.130 e. The second-order valence-electron chi connectivity index (χ2n) is 1.46. The van der Waals surface area contributed by atoms with Crippen LogP contribution in [0.3, 0.4) is 0 Å². The van der Waals surface area contributed by atoms with Crippen molar-refractivity contribution in [2.24, 2.45) is 0 Å². The van der Waals surface area contributed by atoms with E-state index in [1.54, 1.807) is 0 Å². The van der Waals surface area contributed by atoms with Crippen molar-refractivity contribution in [1.29, 1.82) is 0 Å². The van der Waals surface area contributed by atoms with E-state index in [0.29, 0.717) is 21.7 Å². The lowest BCUT2D eigenvalue weighted by Gasteiger charge is -2.03. The van der Waals surface area contributed by atoms with Gasteiger partial charge in [0.05, 0.1) is 0 Å². The Morgan fingerprint density at radius 1 is 1.00 bits per heavy atom. The first-order valence-corrected chi connectivity index (χ1v) is 4.27. The van der Waals surface area contributed by atoms with Crippen LogP contribution in [0.4, 0.5) is 0 Å². The minimum absolute atomic E-state index is 0.492. The molecule has 0 spiro atoms. The molecule has 0 aromatic carbocycles. The zero-order chi connectivity index (χ0) is 7.98. The van der Waals surface area contributed by atoms with Gasteiger partial charge in [-0.05, 0) is 0 Å². The van der Waals surface area contributed by atoms with E-state index in [1.165, 1.54) is 0 Å². The fourth-order valence-corrected chi connectivity index (χ4v) is 0.767. The van der Waals surface area contributed by atoms with Gasteiger partial charge in [-0.15, -0.1) is 25.3 Å². The highest BCUT2D eigenvalue weighted by molar-refractivity contribution is 8.11. The summed E-state index contributed by atoms with van der Waals surface area (Å²) in [5.41, 5.74) is 0. The Labute approximate surface area is 82.0 Å². The zero-order valence-corrected chi connectivity index (χ0v) is 8.55. The van der Waals surface area contributed by atoms with Gasteiger partial charge in [0.2, 0.25) is 0 Å². The van der Waals surface area contributed by atoms with Crippen LogP contribution in [-0.2, 0) is 0 Å². The Morgan fingerprint density at radius 3 is 1.50 bits per heavy atom. The molecule has 0 heterocycles. The fourth-order valence-electron chi connectivity index (χ4n) is 0.339. The molecule has 0 amide bonds. The van der Waals surface area contributed by atoms with Gasteiger partial charge in [-0.1, -0.05) is 24.4 Å². The molecule has 58 valence electrons. The summed E-state index contributed by atoms with van der Waals surface area (Å²) < 4.78 is 0.985. The summed E-state index contributed by atoms with van der Waals surface area (Å²) in [6.45, 7) is 1.42. The Balaban J connectivity index is 3.06. The predicted octanol–water partition coefficient (Wildman–Crippen LogP) is 0.595. The van der Waals surface area contributed by atoms with Crippen LogP contribution in [0, 0.1) is 0 Å². The number of rotatable bonds is 3. The summed E-state index contributed by atoms with van der Waals surface area (Å²) in [5.74, 6) is 0. The van der Waals surface area contributed by atoms with Gasteiger partial charge in [0.25, 0.3) is 0 Å². The third-order valence-electron chi connectivity index (χ3n) is 0.677. The van der Waals surface area contributed by atoms with Crippen LogP contribution in [0.5, 0.6) is 0 Å². The molecule has 0 radical (unpaired) electrons.